The van der Waals surface area contributed by atoms with Gasteiger partial charge in [-0.05, 0) is 77.3 Å². The first kappa shape index (κ1) is 18.6. The van der Waals surface area contributed by atoms with Gasteiger partial charge < -0.3 is 15.0 Å². The van der Waals surface area contributed by atoms with Gasteiger partial charge >= 0.3 is 6.09 Å². The predicted molar refractivity (Wildman–Crippen MR) is 94.5 cm³/mol. The SMILES string of the molecule is CC1CCC(CNCCC2CCN(C(=O)OC(C)(C)C)C2)CC1. The van der Waals surface area contributed by atoms with Crippen LogP contribution in [0.3, 0.4) is 0 Å². The summed E-state index contributed by atoms with van der Waals surface area (Å²) >= 11 is 0. The van der Waals surface area contributed by atoms with E-state index in [4.69, 9.17) is 4.74 Å². The van der Waals surface area contributed by atoms with Crippen LogP contribution in [-0.4, -0.2) is 42.8 Å². The summed E-state index contributed by atoms with van der Waals surface area (Å²) in [6, 6.07) is 0. The molecule has 4 nitrogen and oxygen atoms in total. The highest BCUT2D eigenvalue weighted by Crippen LogP contribution is 2.27. The lowest BCUT2D eigenvalue weighted by atomic mass is 9.83. The van der Waals surface area contributed by atoms with E-state index >= 15 is 0 Å². The van der Waals surface area contributed by atoms with Crippen molar-refractivity contribution in [1.82, 2.24) is 10.2 Å². The molecule has 0 aromatic heterocycles. The Labute approximate surface area is 142 Å². The van der Waals surface area contributed by atoms with Crippen molar-refractivity contribution in [2.75, 3.05) is 26.2 Å². The molecule has 1 unspecified atom stereocenters. The van der Waals surface area contributed by atoms with Crippen molar-refractivity contribution in [2.24, 2.45) is 17.8 Å². The van der Waals surface area contributed by atoms with E-state index in [1.54, 1.807) is 0 Å². The summed E-state index contributed by atoms with van der Waals surface area (Å²) in [6.07, 6.45) is 7.72. The molecule has 2 aliphatic rings. The molecule has 134 valence electrons. The molecule has 1 saturated carbocycles. The molecule has 1 atom stereocenters. The number of nitrogens with one attached hydrogen (secondary N) is 1. The lowest BCUT2D eigenvalue weighted by molar-refractivity contribution is 0.0287. The average Bonchev–Trinajstić information content (AvgIpc) is 2.93. The standard InChI is InChI=1S/C19H36N2O2/c1-15-5-7-16(8-6-15)13-20-11-9-17-10-12-21(14-17)18(22)23-19(2,3)4/h15-17,20H,5-14H2,1-4H3. The molecule has 4 heteroatoms. The highest BCUT2D eigenvalue weighted by molar-refractivity contribution is 5.68. The molecule has 0 radical (unpaired) electrons. The van der Waals surface area contributed by atoms with Crippen molar-refractivity contribution in [2.45, 2.75) is 71.8 Å². The van der Waals surface area contributed by atoms with Crippen LogP contribution in [0.15, 0.2) is 0 Å². The third-order valence-corrected chi connectivity index (χ3v) is 5.24. The molecule has 2 rings (SSSR count). The minimum atomic E-state index is -0.395. The van der Waals surface area contributed by atoms with E-state index in [9.17, 15) is 4.79 Å². The molecule has 2 fully saturated rings. The van der Waals surface area contributed by atoms with E-state index in [1.807, 2.05) is 25.7 Å². The molecule has 1 aliphatic carbocycles. The highest BCUT2D eigenvalue weighted by Gasteiger charge is 2.29. The summed E-state index contributed by atoms with van der Waals surface area (Å²) in [5, 5.41) is 3.64. The van der Waals surface area contributed by atoms with Gasteiger partial charge in [0.2, 0.25) is 0 Å². The fourth-order valence-electron chi connectivity index (χ4n) is 3.71. The van der Waals surface area contributed by atoms with Crippen LogP contribution in [0.25, 0.3) is 0 Å². The fraction of sp³-hybridized carbons (Fsp3) is 0.947. The maximum absolute atomic E-state index is 12.1. The molecule has 1 amide bonds. The average molecular weight is 325 g/mol. The Bertz CT molecular complexity index is 370. The fourth-order valence-corrected chi connectivity index (χ4v) is 3.71. The van der Waals surface area contributed by atoms with Gasteiger partial charge in [0.05, 0.1) is 0 Å². The minimum Gasteiger partial charge on any atom is -0.444 e. The summed E-state index contributed by atoms with van der Waals surface area (Å²) in [7, 11) is 0. The largest absolute Gasteiger partial charge is 0.444 e. The number of nitrogens with zero attached hydrogens (tertiary/aromatic N) is 1. The van der Waals surface area contributed by atoms with E-state index in [0.29, 0.717) is 5.92 Å². The van der Waals surface area contributed by atoms with Crippen molar-refractivity contribution in [3.05, 3.63) is 0 Å². The third kappa shape index (κ3) is 6.70. The predicted octanol–water partition coefficient (Wildman–Crippen LogP) is 4.05. The van der Waals surface area contributed by atoms with Gasteiger partial charge in [0, 0.05) is 13.1 Å². The molecule has 1 heterocycles. The quantitative estimate of drug-likeness (QED) is 0.776. The first-order valence-electron chi connectivity index (χ1n) is 9.52. The van der Waals surface area contributed by atoms with Gasteiger partial charge in [0.1, 0.15) is 5.60 Å². The Morgan fingerprint density at radius 2 is 1.83 bits per heavy atom. The van der Waals surface area contributed by atoms with E-state index in [2.05, 4.69) is 12.2 Å². The van der Waals surface area contributed by atoms with Crippen LogP contribution in [0, 0.1) is 17.8 Å². The molecule has 0 bridgehead atoms. The summed E-state index contributed by atoms with van der Waals surface area (Å²) in [5.74, 6) is 2.44. The number of amides is 1. The van der Waals surface area contributed by atoms with Crippen molar-refractivity contribution in [1.29, 1.82) is 0 Å². The summed E-state index contributed by atoms with van der Waals surface area (Å²) < 4.78 is 5.45. The van der Waals surface area contributed by atoms with Crippen molar-refractivity contribution in [3.8, 4) is 0 Å². The minimum absolute atomic E-state index is 0.149. The van der Waals surface area contributed by atoms with Crippen LogP contribution >= 0.6 is 0 Å². The second kappa shape index (κ2) is 8.36. The normalized spacial score (nSPS) is 28.9. The molecule has 1 aliphatic heterocycles. The Morgan fingerprint density at radius 1 is 1.13 bits per heavy atom. The molecule has 1 N–H and O–H groups in total. The van der Waals surface area contributed by atoms with E-state index in [1.165, 1.54) is 38.6 Å². The number of rotatable bonds is 5. The zero-order valence-electron chi connectivity index (χ0n) is 15.6. The van der Waals surface area contributed by atoms with Gasteiger partial charge in [0.25, 0.3) is 0 Å². The molecule has 0 aromatic rings. The Hall–Kier alpha value is -0.770. The van der Waals surface area contributed by atoms with E-state index < -0.39 is 5.60 Å². The van der Waals surface area contributed by atoms with Gasteiger partial charge in [-0.1, -0.05) is 19.8 Å². The Morgan fingerprint density at radius 3 is 2.48 bits per heavy atom. The molecule has 23 heavy (non-hydrogen) atoms. The topological polar surface area (TPSA) is 41.6 Å². The third-order valence-electron chi connectivity index (χ3n) is 5.24. The monoisotopic (exact) mass is 324 g/mol. The lowest BCUT2D eigenvalue weighted by Gasteiger charge is -2.26. The summed E-state index contributed by atoms with van der Waals surface area (Å²) in [4.78, 5) is 13.9. The van der Waals surface area contributed by atoms with Gasteiger partial charge in [-0.3, -0.25) is 0 Å². The van der Waals surface area contributed by atoms with E-state index in [0.717, 1.165) is 37.9 Å². The number of ether oxygens (including phenoxy) is 1. The van der Waals surface area contributed by atoms with Crippen molar-refractivity contribution < 1.29 is 9.53 Å². The first-order chi connectivity index (χ1) is 10.8. The molecular formula is C19H36N2O2. The van der Waals surface area contributed by atoms with Gasteiger partial charge in [0.15, 0.2) is 0 Å². The molecule has 0 aromatic carbocycles. The van der Waals surface area contributed by atoms with Crippen LogP contribution < -0.4 is 5.32 Å². The van der Waals surface area contributed by atoms with Crippen molar-refractivity contribution in [3.63, 3.8) is 0 Å². The number of carbonyl (C=O) groups excluding carboxylic acids is 1. The van der Waals surface area contributed by atoms with Crippen LogP contribution in [0.5, 0.6) is 0 Å². The second-order valence-corrected chi connectivity index (χ2v) is 8.70. The summed E-state index contributed by atoms with van der Waals surface area (Å²) in [6.45, 7) is 12.1. The van der Waals surface area contributed by atoms with Gasteiger partial charge in [-0.2, -0.15) is 0 Å². The molecule has 0 spiro atoms. The number of likely N-dealkylation sites (tertiary alicyclic amines) is 1. The number of hydrogen-bond donors (Lipinski definition) is 1. The van der Waals surface area contributed by atoms with Gasteiger partial charge in [-0.25, -0.2) is 4.79 Å². The van der Waals surface area contributed by atoms with Crippen LogP contribution in [0.1, 0.15) is 66.2 Å². The molecular weight excluding hydrogens is 288 g/mol. The first-order valence-corrected chi connectivity index (χ1v) is 9.52. The zero-order chi connectivity index (χ0) is 16.9. The summed E-state index contributed by atoms with van der Waals surface area (Å²) in [5.41, 5.74) is -0.395. The zero-order valence-corrected chi connectivity index (χ0v) is 15.6. The smallest absolute Gasteiger partial charge is 0.410 e. The highest BCUT2D eigenvalue weighted by atomic mass is 16.6. The Balaban J connectivity index is 1.56. The maximum atomic E-state index is 12.1. The molecule has 1 saturated heterocycles. The van der Waals surface area contributed by atoms with Gasteiger partial charge in [-0.15, -0.1) is 0 Å². The van der Waals surface area contributed by atoms with Crippen LogP contribution in [0.4, 0.5) is 4.79 Å². The maximum Gasteiger partial charge on any atom is 0.410 e. The lowest BCUT2D eigenvalue weighted by Crippen LogP contribution is -2.35. The van der Waals surface area contributed by atoms with Crippen LogP contribution in [-0.2, 0) is 4.74 Å². The number of carbonyl (C=O) groups is 1. The Kier molecular flexibility index (Phi) is 6.75. The van der Waals surface area contributed by atoms with Crippen LogP contribution in [0.2, 0.25) is 0 Å². The number of hydrogen-bond acceptors (Lipinski definition) is 3. The van der Waals surface area contributed by atoms with E-state index in [-0.39, 0.29) is 6.09 Å². The second-order valence-electron chi connectivity index (χ2n) is 8.70. The van der Waals surface area contributed by atoms with Crippen molar-refractivity contribution >= 4 is 6.09 Å².